The van der Waals surface area contributed by atoms with Gasteiger partial charge in [0.25, 0.3) is 0 Å². The van der Waals surface area contributed by atoms with Crippen molar-refractivity contribution in [2.75, 3.05) is 18.5 Å². The third kappa shape index (κ3) is 7.53. The number of halogens is 1. The molecule has 0 radical (unpaired) electrons. The molecule has 0 bridgehead atoms. The molecule has 1 unspecified atom stereocenters. The molecule has 0 aliphatic rings. The van der Waals surface area contributed by atoms with Crippen LogP contribution in [0.15, 0.2) is 30.3 Å². The smallest absolute Gasteiger partial charge is 0.0716 e. The molecule has 0 aliphatic heterocycles. The second-order valence-electron chi connectivity index (χ2n) is 4.22. The first-order valence-electron chi connectivity index (χ1n) is 6.24. The molecule has 0 fully saturated rings. The first-order valence-corrected chi connectivity index (χ1v) is 7.36. The van der Waals surface area contributed by atoms with Crippen LogP contribution in [0.25, 0.3) is 0 Å². The van der Waals surface area contributed by atoms with Crippen molar-refractivity contribution in [2.45, 2.75) is 32.4 Å². The predicted octanol–water partition coefficient (Wildman–Crippen LogP) is 3.36. The summed E-state index contributed by atoms with van der Waals surface area (Å²) in [7, 11) is 0. The Labute approximate surface area is 113 Å². The topological polar surface area (TPSA) is 21.3 Å². The van der Waals surface area contributed by atoms with Crippen LogP contribution in [0.4, 0.5) is 0 Å². The molecule has 0 saturated heterocycles. The summed E-state index contributed by atoms with van der Waals surface area (Å²) in [6.45, 7) is 4.79. The van der Waals surface area contributed by atoms with Gasteiger partial charge in [-0.15, -0.1) is 0 Å². The van der Waals surface area contributed by atoms with Gasteiger partial charge in [-0.25, -0.2) is 0 Å². The van der Waals surface area contributed by atoms with Gasteiger partial charge in [-0.2, -0.15) is 0 Å². The first-order chi connectivity index (χ1) is 8.33. The number of hydrogen-bond acceptors (Lipinski definition) is 2. The highest BCUT2D eigenvalue weighted by atomic mass is 79.9. The van der Waals surface area contributed by atoms with Crippen molar-refractivity contribution in [3.05, 3.63) is 35.9 Å². The van der Waals surface area contributed by atoms with E-state index in [0.717, 1.165) is 31.5 Å². The molecule has 0 aliphatic carbocycles. The molecule has 1 aromatic rings. The summed E-state index contributed by atoms with van der Waals surface area (Å²) in [5, 5.41) is 4.53. The SMILES string of the molecule is CC(CCBr)NCCCOCc1ccccc1. The van der Waals surface area contributed by atoms with E-state index >= 15 is 0 Å². The Morgan fingerprint density at radius 2 is 2.06 bits per heavy atom. The van der Waals surface area contributed by atoms with Crippen LogP contribution in [-0.2, 0) is 11.3 Å². The van der Waals surface area contributed by atoms with Crippen LogP contribution >= 0.6 is 15.9 Å². The van der Waals surface area contributed by atoms with E-state index in [1.807, 2.05) is 18.2 Å². The van der Waals surface area contributed by atoms with Gasteiger partial charge in [0, 0.05) is 18.0 Å². The van der Waals surface area contributed by atoms with Crippen molar-refractivity contribution in [1.29, 1.82) is 0 Å². The van der Waals surface area contributed by atoms with Crippen molar-refractivity contribution in [3.8, 4) is 0 Å². The molecule has 1 aromatic carbocycles. The largest absolute Gasteiger partial charge is 0.377 e. The van der Waals surface area contributed by atoms with Crippen LogP contribution < -0.4 is 5.32 Å². The van der Waals surface area contributed by atoms with Gasteiger partial charge in [-0.05, 0) is 31.9 Å². The van der Waals surface area contributed by atoms with Crippen LogP contribution in [0.3, 0.4) is 0 Å². The quantitative estimate of drug-likeness (QED) is 0.558. The number of alkyl halides is 1. The zero-order chi connectivity index (χ0) is 12.3. The van der Waals surface area contributed by atoms with Gasteiger partial charge in [0.05, 0.1) is 6.61 Å². The Morgan fingerprint density at radius 3 is 2.76 bits per heavy atom. The summed E-state index contributed by atoms with van der Waals surface area (Å²) in [5.74, 6) is 0. The third-order valence-corrected chi connectivity index (χ3v) is 3.07. The molecule has 0 spiro atoms. The van der Waals surface area contributed by atoms with Gasteiger partial charge in [-0.1, -0.05) is 46.3 Å². The molecule has 0 amide bonds. The average Bonchev–Trinajstić information content (AvgIpc) is 2.35. The van der Waals surface area contributed by atoms with Crippen molar-refractivity contribution >= 4 is 15.9 Å². The lowest BCUT2D eigenvalue weighted by molar-refractivity contribution is 0.118. The zero-order valence-corrected chi connectivity index (χ0v) is 12.1. The molecule has 2 nitrogen and oxygen atoms in total. The molecular formula is C14H22BrNO. The maximum Gasteiger partial charge on any atom is 0.0716 e. The van der Waals surface area contributed by atoms with E-state index < -0.39 is 0 Å². The Hall–Kier alpha value is -0.380. The summed E-state index contributed by atoms with van der Waals surface area (Å²) in [4.78, 5) is 0. The van der Waals surface area contributed by atoms with E-state index in [0.29, 0.717) is 6.04 Å². The summed E-state index contributed by atoms with van der Waals surface area (Å²) in [5.41, 5.74) is 1.24. The van der Waals surface area contributed by atoms with Crippen LogP contribution in [0.5, 0.6) is 0 Å². The highest BCUT2D eigenvalue weighted by Crippen LogP contribution is 2.00. The molecule has 0 saturated carbocycles. The van der Waals surface area contributed by atoms with Crippen molar-refractivity contribution in [1.82, 2.24) is 5.32 Å². The van der Waals surface area contributed by atoms with E-state index in [1.54, 1.807) is 0 Å². The van der Waals surface area contributed by atoms with E-state index in [9.17, 15) is 0 Å². The number of nitrogens with one attached hydrogen (secondary N) is 1. The molecule has 0 heterocycles. The fourth-order valence-corrected chi connectivity index (χ4v) is 2.24. The summed E-state index contributed by atoms with van der Waals surface area (Å²) < 4.78 is 5.61. The minimum atomic E-state index is 0.587. The van der Waals surface area contributed by atoms with Crippen molar-refractivity contribution in [2.24, 2.45) is 0 Å². The predicted molar refractivity (Wildman–Crippen MR) is 76.6 cm³/mol. The molecule has 0 aromatic heterocycles. The molecular weight excluding hydrogens is 278 g/mol. The molecule has 3 heteroatoms. The van der Waals surface area contributed by atoms with Gasteiger partial charge < -0.3 is 10.1 Å². The Bertz CT molecular complexity index is 279. The van der Waals surface area contributed by atoms with Crippen molar-refractivity contribution in [3.63, 3.8) is 0 Å². The number of hydrogen-bond donors (Lipinski definition) is 1. The molecule has 1 atom stereocenters. The summed E-state index contributed by atoms with van der Waals surface area (Å²) in [6, 6.07) is 10.9. The average molecular weight is 300 g/mol. The second kappa shape index (κ2) is 9.63. The van der Waals surface area contributed by atoms with Crippen molar-refractivity contribution < 1.29 is 4.74 Å². The summed E-state index contributed by atoms with van der Waals surface area (Å²) >= 11 is 3.45. The van der Waals surface area contributed by atoms with Crippen LogP contribution in [-0.4, -0.2) is 24.5 Å². The lowest BCUT2D eigenvalue weighted by atomic mass is 10.2. The van der Waals surface area contributed by atoms with Gasteiger partial charge in [-0.3, -0.25) is 0 Å². The number of rotatable bonds is 9. The summed E-state index contributed by atoms with van der Waals surface area (Å²) in [6.07, 6.45) is 2.24. The van der Waals surface area contributed by atoms with Gasteiger partial charge in [0.15, 0.2) is 0 Å². The molecule has 17 heavy (non-hydrogen) atoms. The zero-order valence-electron chi connectivity index (χ0n) is 10.5. The normalized spacial score (nSPS) is 12.6. The first kappa shape index (κ1) is 14.7. The van der Waals surface area contributed by atoms with Crippen LogP contribution in [0, 0.1) is 0 Å². The van der Waals surface area contributed by atoms with E-state index in [-0.39, 0.29) is 0 Å². The maximum absolute atomic E-state index is 5.61. The minimum Gasteiger partial charge on any atom is -0.377 e. The molecule has 96 valence electrons. The highest BCUT2D eigenvalue weighted by Gasteiger charge is 1.98. The van der Waals surface area contributed by atoms with Crippen LogP contribution in [0.1, 0.15) is 25.3 Å². The fourth-order valence-electron chi connectivity index (χ4n) is 1.55. The monoisotopic (exact) mass is 299 g/mol. The van der Waals surface area contributed by atoms with Gasteiger partial charge in [0.2, 0.25) is 0 Å². The molecule has 1 rings (SSSR count). The lowest BCUT2D eigenvalue weighted by Crippen LogP contribution is -2.27. The van der Waals surface area contributed by atoms with E-state index in [2.05, 4.69) is 40.3 Å². The fraction of sp³-hybridized carbons (Fsp3) is 0.571. The Balaban J connectivity index is 1.95. The number of benzene rings is 1. The van der Waals surface area contributed by atoms with Crippen LogP contribution in [0.2, 0.25) is 0 Å². The highest BCUT2D eigenvalue weighted by molar-refractivity contribution is 9.09. The van der Waals surface area contributed by atoms with E-state index in [1.165, 1.54) is 12.0 Å². The lowest BCUT2D eigenvalue weighted by Gasteiger charge is -2.12. The third-order valence-electron chi connectivity index (χ3n) is 2.61. The van der Waals surface area contributed by atoms with Gasteiger partial charge in [0.1, 0.15) is 0 Å². The number of ether oxygens (including phenoxy) is 1. The minimum absolute atomic E-state index is 0.587. The second-order valence-corrected chi connectivity index (χ2v) is 5.02. The van der Waals surface area contributed by atoms with E-state index in [4.69, 9.17) is 4.74 Å². The Kier molecular flexibility index (Phi) is 8.32. The Morgan fingerprint density at radius 1 is 1.29 bits per heavy atom. The molecule has 1 N–H and O–H groups in total. The standard InChI is InChI=1S/C14H22BrNO/c1-13(8-9-15)16-10-5-11-17-12-14-6-3-2-4-7-14/h2-4,6-7,13,16H,5,8-12H2,1H3. The van der Waals surface area contributed by atoms with Gasteiger partial charge >= 0.3 is 0 Å². The maximum atomic E-state index is 5.61.